The van der Waals surface area contributed by atoms with Crippen LogP contribution >= 0.6 is 11.6 Å². The Bertz CT molecular complexity index is 892. The second-order valence-corrected chi connectivity index (χ2v) is 7.44. The molecule has 4 heteroatoms. The number of hydrogen-bond donors (Lipinski definition) is 0. The molecule has 0 N–H and O–H groups in total. The molecule has 0 saturated heterocycles. The zero-order chi connectivity index (χ0) is 20.5. The second kappa shape index (κ2) is 10.7. The van der Waals surface area contributed by atoms with Gasteiger partial charge in [-0.2, -0.15) is 0 Å². The zero-order valence-electron chi connectivity index (χ0n) is 16.7. The fraction of sp³-hybridized carbons (Fsp3) is 0.240. The average Bonchev–Trinajstić information content (AvgIpc) is 2.77. The molecule has 0 unspecified atom stereocenters. The van der Waals surface area contributed by atoms with Gasteiger partial charge in [0, 0.05) is 23.7 Å². The number of benzene rings is 3. The van der Waals surface area contributed by atoms with Crippen molar-refractivity contribution in [1.82, 2.24) is 4.90 Å². The molecule has 0 spiro atoms. The Labute approximate surface area is 177 Å². The van der Waals surface area contributed by atoms with Crippen molar-refractivity contribution in [3.63, 3.8) is 0 Å². The maximum Gasteiger partial charge on any atom is 0.254 e. The largest absolute Gasteiger partial charge is 0.489 e. The predicted octanol–water partition coefficient (Wildman–Crippen LogP) is 6.36. The summed E-state index contributed by atoms with van der Waals surface area (Å²) in [5.41, 5.74) is 2.87. The van der Waals surface area contributed by atoms with E-state index in [1.165, 1.54) is 0 Å². The van der Waals surface area contributed by atoms with Crippen molar-refractivity contribution in [2.75, 3.05) is 6.54 Å². The molecule has 0 aliphatic heterocycles. The van der Waals surface area contributed by atoms with Gasteiger partial charge in [-0.3, -0.25) is 4.79 Å². The van der Waals surface area contributed by atoms with E-state index >= 15 is 0 Å². The number of nitrogens with zero attached hydrogens (tertiary/aromatic N) is 1. The fourth-order valence-corrected chi connectivity index (χ4v) is 3.15. The lowest BCUT2D eigenvalue weighted by atomic mass is 10.1. The van der Waals surface area contributed by atoms with E-state index in [-0.39, 0.29) is 5.91 Å². The lowest BCUT2D eigenvalue weighted by Gasteiger charge is -2.23. The highest BCUT2D eigenvalue weighted by atomic mass is 35.5. The highest BCUT2D eigenvalue weighted by Gasteiger charge is 2.16. The Balaban J connectivity index is 1.64. The third kappa shape index (κ3) is 6.37. The molecule has 0 aromatic heterocycles. The molecule has 0 atom stereocenters. The summed E-state index contributed by atoms with van der Waals surface area (Å²) < 4.78 is 5.85. The van der Waals surface area contributed by atoms with Crippen molar-refractivity contribution in [2.45, 2.75) is 32.9 Å². The number of ether oxygens (including phenoxy) is 1. The number of carbonyl (C=O) groups is 1. The van der Waals surface area contributed by atoms with Gasteiger partial charge in [0.25, 0.3) is 5.91 Å². The molecule has 0 bridgehead atoms. The van der Waals surface area contributed by atoms with Crippen LogP contribution in [-0.2, 0) is 13.2 Å². The van der Waals surface area contributed by atoms with Gasteiger partial charge in [-0.15, -0.1) is 0 Å². The first-order valence-corrected chi connectivity index (χ1v) is 10.3. The minimum atomic E-state index is 0.0273. The number of carbonyl (C=O) groups excluding carboxylic acids is 1. The third-order valence-corrected chi connectivity index (χ3v) is 4.96. The Morgan fingerprint density at radius 1 is 0.897 bits per heavy atom. The summed E-state index contributed by atoms with van der Waals surface area (Å²) in [7, 11) is 0. The fourth-order valence-electron chi connectivity index (χ4n) is 3.03. The van der Waals surface area contributed by atoms with Crippen molar-refractivity contribution in [2.24, 2.45) is 0 Å². The lowest BCUT2D eigenvalue weighted by Crippen LogP contribution is -2.31. The monoisotopic (exact) mass is 407 g/mol. The van der Waals surface area contributed by atoms with Crippen molar-refractivity contribution >= 4 is 17.5 Å². The van der Waals surface area contributed by atoms with Crippen molar-refractivity contribution in [3.05, 3.63) is 101 Å². The molecular formula is C25H26ClNO2. The second-order valence-electron chi connectivity index (χ2n) is 7.01. The molecule has 3 nitrogen and oxygen atoms in total. The number of halogens is 1. The van der Waals surface area contributed by atoms with Gasteiger partial charge in [0.15, 0.2) is 0 Å². The molecule has 3 rings (SSSR count). The standard InChI is InChI=1S/C25H26ClNO2/c1-2-3-17-27(25(28)22-11-13-23(26)14-12-22)18-20-9-15-24(16-10-20)29-19-21-7-5-4-6-8-21/h4-16H,2-3,17-19H2,1H3. The minimum absolute atomic E-state index is 0.0273. The number of rotatable bonds is 9. The zero-order valence-corrected chi connectivity index (χ0v) is 17.4. The predicted molar refractivity (Wildman–Crippen MR) is 118 cm³/mol. The topological polar surface area (TPSA) is 29.5 Å². The van der Waals surface area contributed by atoms with Gasteiger partial charge in [0.05, 0.1) is 0 Å². The van der Waals surface area contributed by atoms with Crippen molar-refractivity contribution < 1.29 is 9.53 Å². The Morgan fingerprint density at radius 3 is 2.24 bits per heavy atom. The Morgan fingerprint density at radius 2 is 1.59 bits per heavy atom. The van der Waals surface area contributed by atoms with Gasteiger partial charge >= 0.3 is 0 Å². The molecule has 0 fully saturated rings. The quantitative estimate of drug-likeness (QED) is 0.413. The molecule has 1 amide bonds. The first kappa shape index (κ1) is 20.9. The maximum atomic E-state index is 13.0. The van der Waals surface area contributed by atoms with Crippen LogP contribution in [-0.4, -0.2) is 17.4 Å². The van der Waals surface area contributed by atoms with Crippen LogP contribution in [0.4, 0.5) is 0 Å². The first-order valence-electron chi connectivity index (χ1n) is 9.96. The van der Waals surface area contributed by atoms with E-state index in [1.54, 1.807) is 24.3 Å². The van der Waals surface area contributed by atoms with Crippen LogP contribution in [0.3, 0.4) is 0 Å². The summed E-state index contributed by atoms with van der Waals surface area (Å²) in [6, 6.07) is 25.1. The van der Waals surface area contributed by atoms with Crippen LogP contribution in [0, 0.1) is 0 Å². The number of amides is 1. The molecule has 150 valence electrons. The summed E-state index contributed by atoms with van der Waals surface area (Å²) in [5, 5.41) is 0.632. The summed E-state index contributed by atoms with van der Waals surface area (Å²) >= 11 is 5.95. The van der Waals surface area contributed by atoms with Crippen LogP contribution in [0.1, 0.15) is 41.3 Å². The van der Waals surface area contributed by atoms with Crippen LogP contribution in [0.25, 0.3) is 0 Å². The van der Waals surface area contributed by atoms with Crippen LogP contribution in [0.15, 0.2) is 78.9 Å². The van der Waals surface area contributed by atoms with E-state index in [4.69, 9.17) is 16.3 Å². The van der Waals surface area contributed by atoms with Crippen LogP contribution in [0.5, 0.6) is 5.75 Å². The molecule has 0 radical (unpaired) electrons. The molecular weight excluding hydrogens is 382 g/mol. The smallest absolute Gasteiger partial charge is 0.254 e. The lowest BCUT2D eigenvalue weighted by molar-refractivity contribution is 0.0741. The van der Waals surface area contributed by atoms with E-state index in [0.29, 0.717) is 23.7 Å². The average molecular weight is 408 g/mol. The van der Waals surface area contributed by atoms with Gasteiger partial charge in [0.2, 0.25) is 0 Å². The van der Waals surface area contributed by atoms with Gasteiger partial charge in [-0.1, -0.05) is 67.4 Å². The van der Waals surface area contributed by atoms with Gasteiger partial charge < -0.3 is 9.64 Å². The Hall–Kier alpha value is -2.78. The van der Waals surface area contributed by atoms with E-state index < -0.39 is 0 Å². The van der Waals surface area contributed by atoms with Crippen molar-refractivity contribution in [3.8, 4) is 5.75 Å². The third-order valence-electron chi connectivity index (χ3n) is 4.71. The maximum absolute atomic E-state index is 13.0. The molecule has 0 aliphatic rings. The molecule has 0 aliphatic carbocycles. The molecule has 0 heterocycles. The van der Waals surface area contributed by atoms with E-state index in [2.05, 4.69) is 6.92 Å². The molecule has 0 saturated carbocycles. The van der Waals surface area contributed by atoms with E-state index in [9.17, 15) is 4.79 Å². The summed E-state index contributed by atoms with van der Waals surface area (Å²) in [5.74, 6) is 0.848. The number of unbranched alkanes of at least 4 members (excludes halogenated alkanes) is 1. The van der Waals surface area contributed by atoms with E-state index in [1.807, 2.05) is 59.5 Å². The van der Waals surface area contributed by atoms with Crippen molar-refractivity contribution in [1.29, 1.82) is 0 Å². The SMILES string of the molecule is CCCCN(Cc1ccc(OCc2ccccc2)cc1)C(=O)c1ccc(Cl)cc1. The van der Waals surface area contributed by atoms with Gasteiger partial charge in [-0.05, 0) is 53.9 Å². The summed E-state index contributed by atoms with van der Waals surface area (Å²) in [6.45, 7) is 3.96. The van der Waals surface area contributed by atoms with Crippen LogP contribution < -0.4 is 4.74 Å². The molecule has 29 heavy (non-hydrogen) atoms. The normalized spacial score (nSPS) is 10.6. The van der Waals surface area contributed by atoms with Crippen LogP contribution in [0.2, 0.25) is 5.02 Å². The highest BCUT2D eigenvalue weighted by molar-refractivity contribution is 6.30. The summed E-state index contributed by atoms with van der Waals surface area (Å²) in [6.07, 6.45) is 2.01. The van der Waals surface area contributed by atoms with Gasteiger partial charge in [0.1, 0.15) is 12.4 Å². The highest BCUT2D eigenvalue weighted by Crippen LogP contribution is 2.18. The molecule has 3 aromatic rings. The molecule has 3 aromatic carbocycles. The van der Waals surface area contributed by atoms with Gasteiger partial charge in [-0.25, -0.2) is 0 Å². The minimum Gasteiger partial charge on any atom is -0.489 e. The first-order chi connectivity index (χ1) is 14.2. The van der Waals surface area contributed by atoms with E-state index in [0.717, 1.165) is 36.3 Å². The summed E-state index contributed by atoms with van der Waals surface area (Å²) in [4.78, 5) is 14.8. The number of hydrogen-bond acceptors (Lipinski definition) is 2. The Kier molecular flexibility index (Phi) is 7.71.